The lowest BCUT2D eigenvalue weighted by Gasteiger charge is -2.26. The molecule has 86 valence electrons. The maximum atomic E-state index is 10.4. The Hall–Kier alpha value is -1.71. The highest BCUT2D eigenvalue weighted by atomic mass is 16.6. The number of carboxylic acid groups (broad SMARTS) is 1. The van der Waals surface area contributed by atoms with Gasteiger partial charge in [-0.3, -0.25) is 4.79 Å². The third-order valence-corrected chi connectivity index (χ3v) is 2.48. The first kappa shape index (κ1) is 10.8. The minimum absolute atomic E-state index is 0.0331. The molecule has 0 aromatic heterocycles. The van der Waals surface area contributed by atoms with E-state index in [1.165, 1.54) is 0 Å². The molecule has 1 aromatic carbocycles. The van der Waals surface area contributed by atoms with Crippen molar-refractivity contribution in [2.45, 2.75) is 25.4 Å². The molecule has 0 fully saturated rings. The number of aliphatic carboxylic acids is 1. The van der Waals surface area contributed by atoms with Gasteiger partial charge in [-0.1, -0.05) is 12.1 Å². The lowest BCUT2D eigenvalue weighted by Crippen LogP contribution is -2.29. The van der Waals surface area contributed by atoms with E-state index in [0.29, 0.717) is 19.4 Å². The van der Waals surface area contributed by atoms with Gasteiger partial charge >= 0.3 is 5.97 Å². The van der Waals surface area contributed by atoms with E-state index in [9.17, 15) is 4.79 Å². The van der Waals surface area contributed by atoms with Crippen LogP contribution in [-0.4, -0.2) is 23.8 Å². The lowest BCUT2D eigenvalue weighted by molar-refractivity contribution is -0.137. The molecule has 0 radical (unpaired) electrons. The van der Waals surface area contributed by atoms with Gasteiger partial charge in [-0.25, -0.2) is 0 Å². The van der Waals surface area contributed by atoms with E-state index in [1.807, 2.05) is 24.3 Å². The van der Waals surface area contributed by atoms with Crippen LogP contribution in [0.3, 0.4) is 0 Å². The van der Waals surface area contributed by atoms with Gasteiger partial charge in [-0.2, -0.15) is 0 Å². The van der Waals surface area contributed by atoms with Crippen molar-refractivity contribution in [3.05, 3.63) is 24.3 Å². The van der Waals surface area contributed by atoms with Crippen molar-refractivity contribution in [3.63, 3.8) is 0 Å². The van der Waals surface area contributed by atoms with Gasteiger partial charge in [0, 0.05) is 6.42 Å². The fourth-order valence-electron chi connectivity index (χ4n) is 1.69. The van der Waals surface area contributed by atoms with Crippen LogP contribution < -0.4 is 9.47 Å². The van der Waals surface area contributed by atoms with Crippen LogP contribution in [0.5, 0.6) is 11.5 Å². The zero-order valence-electron chi connectivity index (χ0n) is 8.89. The summed E-state index contributed by atoms with van der Waals surface area (Å²) in [5, 5.41) is 8.53. The zero-order valence-corrected chi connectivity index (χ0v) is 8.89. The molecule has 0 amide bonds. The van der Waals surface area contributed by atoms with E-state index < -0.39 is 5.97 Å². The molecule has 0 aliphatic carbocycles. The Labute approximate surface area is 93.8 Å². The summed E-state index contributed by atoms with van der Waals surface area (Å²) in [5.41, 5.74) is 0. The quantitative estimate of drug-likeness (QED) is 0.847. The first-order chi connectivity index (χ1) is 7.75. The first-order valence-electron chi connectivity index (χ1n) is 5.36. The second kappa shape index (κ2) is 4.88. The molecule has 1 heterocycles. The largest absolute Gasteiger partial charge is 0.486 e. The van der Waals surface area contributed by atoms with Crippen molar-refractivity contribution in [2.24, 2.45) is 0 Å². The molecule has 4 nitrogen and oxygen atoms in total. The Morgan fingerprint density at radius 2 is 2.12 bits per heavy atom. The van der Waals surface area contributed by atoms with E-state index >= 15 is 0 Å². The number of hydrogen-bond acceptors (Lipinski definition) is 3. The third-order valence-electron chi connectivity index (χ3n) is 2.48. The Morgan fingerprint density at radius 1 is 1.38 bits per heavy atom. The molecule has 0 spiro atoms. The highest BCUT2D eigenvalue weighted by Gasteiger charge is 2.20. The summed E-state index contributed by atoms with van der Waals surface area (Å²) in [6.07, 6.45) is 1.47. The lowest BCUT2D eigenvalue weighted by atomic mass is 10.1. The third kappa shape index (κ3) is 2.66. The number of rotatable bonds is 4. The van der Waals surface area contributed by atoms with Crippen LogP contribution in [-0.2, 0) is 4.79 Å². The Kier molecular flexibility index (Phi) is 3.29. The number of para-hydroxylation sites is 2. The van der Waals surface area contributed by atoms with Gasteiger partial charge in [0.2, 0.25) is 0 Å². The molecule has 4 heteroatoms. The van der Waals surface area contributed by atoms with E-state index in [4.69, 9.17) is 14.6 Å². The molecule has 2 rings (SSSR count). The number of carboxylic acids is 1. The number of carbonyl (C=O) groups is 1. The molecule has 1 unspecified atom stereocenters. The zero-order chi connectivity index (χ0) is 11.4. The molecule has 1 atom stereocenters. The normalized spacial score (nSPS) is 18.1. The van der Waals surface area contributed by atoms with E-state index in [0.717, 1.165) is 11.5 Å². The monoisotopic (exact) mass is 222 g/mol. The SMILES string of the molecule is O=C(O)CCCC1COc2ccccc2O1. The van der Waals surface area contributed by atoms with E-state index in [-0.39, 0.29) is 12.5 Å². The predicted molar refractivity (Wildman–Crippen MR) is 57.8 cm³/mol. The standard InChI is InChI=1S/C12H14O4/c13-12(14)7-3-4-9-8-15-10-5-1-2-6-11(10)16-9/h1-2,5-6,9H,3-4,7-8H2,(H,13,14). The van der Waals surface area contributed by atoms with Crippen molar-refractivity contribution in [1.82, 2.24) is 0 Å². The van der Waals surface area contributed by atoms with Crippen LogP contribution in [0.1, 0.15) is 19.3 Å². The Balaban J connectivity index is 1.86. The Morgan fingerprint density at radius 3 is 2.88 bits per heavy atom. The second-order valence-electron chi connectivity index (χ2n) is 3.78. The molecule has 1 aliphatic rings. The van der Waals surface area contributed by atoms with Crippen molar-refractivity contribution in [3.8, 4) is 11.5 Å². The number of benzene rings is 1. The number of hydrogen-bond donors (Lipinski definition) is 1. The van der Waals surface area contributed by atoms with Crippen LogP contribution in [0, 0.1) is 0 Å². The molecular formula is C12H14O4. The highest BCUT2D eigenvalue weighted by Crippen LogP contribution is 2.31. The van der Waals surface area contributed by atoms with Gasteiger partial charge in [0.05, 0.1) is 0 Å². The smallest absolute Gasteiger partial charge is 0.303 e. The topological polar surface area (TPSA) is 55.8 Å². The van der Waals surface area contributed by atoms with Crippen molar-refractivity contribution < 1.29 is 19.4 Å². The summed E-state index contributed by atoms with van der Waals surface area (Å²) < 4.78 is 11.2. The summed E-state index contributed by atoms with van der Waals surface area (Å²) in [7, 11) is 0. The summed E-state index contributed by atoms with van der Waals surface area (Å²) in [4.78, 5) is 10.4. The minimum Gasteiger partial charge on any atom is -0.486 e. The first-order valence-corrected chi connectivity index (χ1v) is 5.36. The maximum absolute atomic E-state index is 10.4. The molecular weight excluding hydrogens is 208 g/mol. The van der Waals surface area contributed by atoms with Crippen LogP contribution in [0.15, 0.2) is 24.3 Å². The van der Waals surface area contributed by atoms with Gasteiger partial charge in [0.15, 0.2) is 11.5 Å². The minimum atomic E-state index is -0.767. The summed E-state index contributed by atoms with van der Waals surface area (Å²) in [5.74, 6) is 0.739. The average Bonchev–Trinajstić information content (AvgIpc) is 2.28. The molecule has 0 saturated carbocycles. The number of ether oxygens (including phenoxy) is 2. The van der Waals surface area contributed by atoms with Gasteiger partial charge in [-0.05, 0) is 25.0 Å². The molecule has 16 heavy (non-hydrogen) atoms. The van der Waals surface area contributed by atoms with Crippen LogP contribution in [0.2, 0.25) is 0 Å². The molecule has 0 bridgehead atoms. The van der Waals surface area contributed by atoms with Crippen LogP contribution in [0.4, 0.5) is 0 Å². The van der Waals surface area contributed by atoms with Gasteiger partial charge < -0.3 is 14.6 Å². The van der Waals surface area contributed by atoms with E-state index in [2.05, 4.69) is 0 Å². The molecule has 1 aromatic rings. The number of fused-ring (bicyclic) bond motifs is 1. The van der Waals surface area contributed by atoms with Gasteiger partial charge in [0.25, 0.3) is 0 Å². The fourth-order valence-corrected chi connectivity index (χ4v) is 1.69. The van der Waals surface area contributed by atoms with Crippen molar-refractivity contribution in [1.29, 1.82) is 0 Å². The van der Waals surface area contributed by atoms with Crippen molar-refractivity contribution >= 4 is 5.97 Å². The van der Waals surface area contributed by atoms with E-state index in [1.54, 1.807) is 0 Å². The van der Waals surface area contributed by atoms with Gasteiger partial charge in [-0.15, -0.1) is 0 Å². The maximum Gasteiger partial charge on any atom is 0.303 e. The van der Waals surface area contributed by atoms with Crippen molar-refractivity contribution in [2.75, 3.05) is 6.61 Å². The highest BCUT2D eigenvalue weighted by molar-refractivity contribution is 5.66. The summed E-state index contributed by atoms with van der Waals surface area (Å²) >= 11 is 0. The second-order valence-corrected chi connectivity index (χ2v) is 3.78. The fraction of sp³-hybridized carbons (Fsp3) is 0.417. The van der Waals surface area contributed by atoms with Crippen LogP contribution >= 0.6 is 0 Å². The predicted octanol–water partition coefficient (Wildman–Crippen LogP) is 2.08. The molecule has 1 aliphatic heterocycles. The van der Waals surface area contributed by atoms with Crippen LogP contribution in [0.25, 0.3) is 0 Å². The van der Waals surface area contributed by atoms with Gasteiger partial charge in [0.1, 0.15) is 12.7 Å². The molecule has 1 N–H and O–H groups in total. The Bertz CT molecular complexity index is 375. The summed E-state index contributed by atoms with van der Waals surface area (Å²) in [6, 6.07) is 7.51. The summed E-state index contributed by atoms with van der Waals surface area (Å²) in [6.45, 7) is 0.497. The average molecular weight is 222 g/mol. The molecule has 0 saturated heterocycles.